The maximum absolute atomic E-state index is 5.96. The van der Waals surface area contributed by atoms with Crippen molar-refractivity contribution >= 4 is 11.6 Å². The van der Waals surface area contributed by atoms with Gasteiger partial charge in [0.05, 0.1) is 5.69 Å². The van der Waals surface area contributed by atoms with Gasteiger partial charge in [0.1, 0.15) is 0 Å². The van der Waals surface area contributed by atoms with Crippen molar-refractivity contribution in [3.63, 3.8) is 0 Å². The Morgan fingerprint density at radius 1 is 1.24 bits per heavy atom. The van der Waals surface area contributed by atoms with Crippen LogP contribution in [-0.2, 0) is 0 Å². The van der Waals surface area contributed by atoms with Crippen LogP contribution in [0.5, 0.6) is 0 Å². The molecular weight excluding hydrogens is 232 g/mol. The van der Waals surface area contributed by atoms with Gasteiger partial charge >= 0.3 is 0 Å². The first kappa shape index (κ1) is 10.8. The molecule has 1 heterocycles. The number of hydrogen-bond acceptors (Lipinski definition) is 2. The lowest BCUT2D eigenvalue weighted by Crippen LogP contribution is -2.01. The van der Waals surface area contributed by atoms with Crippen LogP contribution in [0, 0.1) is 0 Å². The third kappa shape index (κ3) is 2.19. The van der Waals surface area contributed by atoms with Crippen LogP contribution in [0.25, 0.3) is 11.3 Å². The summed E-state index contributed by atoms with van der Waals surface area (Å²) in [5.74, 6) is 0.510. The van der Waals surface area contributed by atoms with Gasteiger partial charge in [-0.3, -0.25) is 4.98 Å². The minimum absolute atomic E-state index is 0.328. The molecule has 1 aromatic carbocycles. The molecule has 0 saturated heterocycles. The molecule has 0 aliphatic heterocycles. The number of hydrogen-bond donors (Lipinski definition) is 1. The molecule has 0 amide bonds. The third-order valence-electron chi connectivity index (χ3n) is 3.17. The van der Waals surface area contributed by atoms with Gasteiger partial charge in [-0.25, -0.2) is 0 Å². The molecule has 0 radical (unpaired) electrons. The molecule has 86 valence electrons. The van der Waals surface area contributed by atoms with E-state index in [4.69, 9.17) is 17.3 Å². The lowest BCUT2D eigenvalue weighted by molar-refractivity contribution is 0.981. The van der Waals surface area contributed by atoms with Gasteiger partial charge in [0.2, 0.25) is 0 Å². The molecule has 3 rings (SSSR count). The molecule has 2 atom stereocenters. The highest BCUT2D eigenvalue weighted by molar-refractivity contribution is 6.30. The second-order valence-corrected chi connectivity index (χ2v) is 4.93. The predicted molar refractivity (Wildman–Crippen MR) is 70.0 cm³/mol. The Hall–Kier alpha value is -1.38. The van der Waals surface area contributed by atoms with Crippen LogP contribution in [0.4, 0.5) is 0 Å². The van der Waals surface area contributed by atoms with Gasteiger partial charge in [0.15, 0.2) is 0 Å². The molecule has 1 aliphatic carbocycles. The molecule has 0 bridgehead atoms. The molecule has 1 aromatic heterocycles. The van der Waals surface area contributed by atoms with Crippen molar-refractivity contribution in [3.8, 4) is 11.3 Å². The van der Waals surface area contributed by atoms with E-state index >= 15 is 0 Å². The number of halogens is 1. The molecule has 2 unspecified atom stereocenters. The van der Waals surface area contributed by atoms with Crippen LogP contribution in [0.1, 0.15) is 17.9 Å². The van der Waals surface area contributed by atoms with Crippen molar-refractivity contribution < 1.29 is 0 Å². The summed E-state index contributed by atoms with van der Waals surface area (Å²) in [5, 5.41) is 0.734. The van der Waals surface area contributed by atoms with Crippen LogP contribution >= 0.6 is 11.6 Å². The predicted octanol–water partition coefficient (Wildman–Crippen LogP) is 3.22. The Bertz CT molecular complexity index is 536. The van der Waals surface area contributed by atoms with Crippen LogP contribution in [-0.4, -0.2) is 11.0 Å². The molecule has 17 heavy (non-hydrogen) atoms. The number of nitrogens with two attached hydrogens (primary N) is 1. The molecule has 0 spiro atoms. The van der Waals surface area contributed by atoms with Gasteiger partial charge in [-0.1, -0.05) is 29.8 Å². The van der Waals surface area contributed by atoms with E-state index in [1.807, 2.05) is 36.5 Å². The second-order valence-electron chi connectivity index (χ2n) is 4.49. The molecule has 2 aromatic rings. The molecule has 1 fully saturated rings. The number of aromatic nitrogens is 1. The maximum Gasteiger partial charge on any atom is 0.0702 e. The average molecular weight is 245 g/mol. The highest BCUT2D eigenvalue weighted by Crippen LogP contribution is 2.38. The zero-order chi connectivity index (χ0) is 11.8. The van der Waals surface area contributed by atoms with E-state index in [-0.39, 0.29) is 0 Å². The number of rotatable bonds is 2. The van der Waals surface area contributed by atoms with E-state index in [0.717, 1.165) is 22.7 Å². The van der Waals surface area contributed by atoms with Crippen molar-refractivity contribution in [1.29, 1.82) is 0 Å². The van der Waals surface area contributed by atoms with Gasteiger partial charge in [-0.05, 0) is 30.2 Å². The summed E-state index contributed by atoms with van der Waals surface area (Å²) in [7, 11) is 0. The number of benzene rings is 1. The summed E-state index contributed by atoms with van der Waals surface area (Å²) in [4.78, 5) is 4.47. The Labute approximate surface area is 105 Å². The largest absolute Gasteiger partial charge is 0.327 e. The third-order valence-corrected chi connectivity index (χ3v) is 3.41. The zero-order valence-corrected chi connectivity index (χ0v) is 10.1. The van der Waals surface area contributed by atoms with E-state index in [2.05, 4.69) is 11.1 Å². The van der Waals surface area contributed by atoms with Gasteiger partial charge in [0.25, 0.3) is 0 Å². The summed E-state index contributed by atoms with van der Waals surface area (Å²) in [6.45, 7) is 0. The summed E-state index contributed by atoms with van der Waals surface area (Å²) < 4.78 is 0. The quantitative estimate of drug-likeness (QED) is 0.881. The molecule has 1 saturated carbocycles. The summed E-state index contributed by atoms with van der Waals surface area (Å²) in [6.07, 6.45) is 3.01. The highest BCUT2D eigenvalue weighted by Gasteiger charge is 2.34. The maximum atomic E-state index is 5.96. The normalized spacial score (nSPS) is 22.5. The number of nitrogens with zero attached hydrogens (tertiary/aromatic N) is 1. The second kappa shape index (κ2) is 4.13. The van der Waals surface area contributed by atoms with Gasteiger partial charge < -0.3 is 5.73 Å². The van der Waals surface area contributed by atoms with Crippen LogP contribution in [0.15, 0.2) is 42.6 Å². The van der Waals surface area contributed by atoms with Crippen molar-refractivity contribution in [3.05, 3.63) is 53.2 Å². The Morgan fingerprint density at radius 3 is 2.65 bits per heavy atom. The van der Waals surface area contributed by atoms with Crippen LogP contribution < -0.4 is 5.73 Å². The summed E-state index contributed by atoms with van der Waals surface area (Å²) in [5.41, 5.74) is 9.06. The average Bonchev–Trinajstić information content (AvgIpc) is 3.07. The van der Waals surface area contributed by atoms with Crippen molar-refractivity contribution in [2.75, 3.05) is 0 Å². The molecule has 2 nitrogen and oxygen atoms in total. The zero-order valence-electron chi connectivity index (χ0n) is 9.31. The first-order chi connectivity index (χ1) is 8.24. The van der Waals surface area contributed by atoms with E-state index in [0.29, 0.717) is 12.0 Å². The monoisotopic (exact) mass is 244 g/mol. The smallest absolute Gasteiger partial charge is 0.0702 e. The molecule has 3 heteroatoms. The van der Waals surface area contributed by atoms with E-state index in [9.17, 15) is 0 Å². The molecule has 2 N–H and O–H groups in total. The Kier molecular flexibility index (Phi) is 2.61. The Balaban J connectivity index is 1.89. The topological polar surface area (TPSA) is 38.9 Å². The standard InChI is InChI=1S/C14H13ClN2/c15-11-3-1-2-9(6-11)14-5-4-10(8-17-14)12-7-13(12)16/h1-6,8,12-13H,7,16H2. The van der Waals surface area contributed by atoms with Gasteiger partial charge in [-0.2, -0.15) is 0 Å². The first-order valence-corrected chi connectivity index (χ1v) is 6.09. The van der Waals surface area contributed by atoms with Crippen molar-refractivity contribution in [1.82, 2.24) is 4.98 Å². The lowest BCUT2D eigenvalue weighted by atomic mass is 10.1. The minimum Gasteiger partial charge on any atom is -0.327 e. The van der Waals surface area contributed by atoms with Crippen LogP contribution in [0.2, 0.25) is 5.02 Å². The van der Waals surface area contributed by atoms with Gasteiger partial charge in [0, 0.05) is 28.7 Å². The highest BCUT2D eigenvalue weighted by atomic mass is 35.5. The SMILES string of the molecule is NC1CC1c1ccc(-c2cccc(Cl)c2)nc1. The fourth-order valence-corrected chi connectivity index (χ4v) is 2.23. The van der Waals surface area contributed by atoms with E-state index in [1.165, 1.54) is 5.56 Å². The first-order valence-electron chi connectivity index (χ1n) is 5.71. The molecular formula is C14H13ClN2. The van der Waals surface area contributed by atoms with E-state index in [1.54, 1.807) is 0 Å². The Morgan fingerprint density at radius 2 is 2.06 bits per heavy atom. The fourth-order valence-electron chi connectivity index (χ4n) is 2.04. The fraction of sp³-hybridized carbons (Fsp3) is 0.214. The van der Waals surface area contributed by atoms with Crippen molar-refractivity contribution in [2.45, 2.75) is 18.4 Å². The summed E-state index contributed by atoms with van der Waals surface area (Å²) >= 11 is 5.96. The lowest BCUT2D eigenvalue weighted by Gasteiger charge is -2.03. The van der Waals surface area contributed by atoms with E-state index < -0.39 is 0 Å². The molecule has 1 aliphatic rings. The van der Waals surface area contributed by atoms with Crippen molar-refractivity contribution in [2.24, 2.45) is 5.73 Å². The van der Waals surface area contributed by atoms with Crippen LogP contribution in [0.3, 0.4) is 0 Å². The summed E-state index contributed by atoms with van der Waals surface area (Å²) in [6, 6.07) is 12.2. The number of pyridine rings is 1. The van der Waals surface area contributed by atoms with Gasteiger partial charge in [-0.15, -0.1) is 0 Å². The minimum atomic E-state index is 0.328.